The third-order valence-electron chi connectivity index (χ3n) is 2.53. The molecule has 5 heteroatoms. The molecule has 0 spiro atoms. The zero-order chi connectivity index (χ0) is 13.8. The number of benzene rings is 2. The van der Waals surface area contributed by atoms with Crippen molar-refractivity contribution in [1.82, 2.24) is 0 Å². The van der Waals surface area contributed by atoms with Crippen LogP contribution in [0.2, 0.25) is 5.02 Å². The van der Waals surface area contributed by atoms with E-state index in [0.717, 1.165) is 4.47 Å². The van der Waals surface area contributed by atoms with Crippen LogP contribution >= 0.6 is 27.5 Å². The van der Waals surface area contributed by atoms with Crippen molar-refractivity contribution in [3.8, 4) is 5.75 Å². The Kier molecular flexibility index (Phi) is 4.45. The van der Waals surface area contributed by atoms with Crippen LogP contribution in [0.25, 0.3) is 0 Å². The van der Waals surface area contributed by atoms with Crippen molar-refractivity contribution in [1.29, 1.82) is 0 Å². The summed E-state index contributed by atoms with van der Waals surface area (Å²) in [6.07, 6.45) is 0. The zero-order valence-electron chi connectivity index (χ0n) is 10.1. The van der Waals surface area contributed by atoms with Gasteiger partial charge in [0.1, 0.15) is 5.75 Å². The summed E-state index contributed by atoms with van der Waals surface area (Å²) in [5, 5.41) is 3.23. The molecule has 0 unspecified atom stereocenters. The molecule has 1 N–H and O–H groups in total. The minimum absolute atomic E-state index is 0.262. The van der Waals surface area contributed by atoms with Crippen LogP contribution < -0.4 is 10.1 Å². The Morgan fingerprint density at radius 1 is 1.26 bits per heavy atom. The first-order chi connectivity index (χ1) is 9.11. The van der Waals surface area contributed by atoms with Gasteiger partial charge < -0.3 is 10.1 Å². The fourth-order valence-corrected chi connectivity index (χ4v) is 2.33. The van der Waals surface area contributed by atoms with Crippen LogP contribution in [0.15, 0.2) is 46.9 Å². The van der Waals surface area contributed by atoms with E-state index < -0.39 is 0 Å². The normalized spacial score (nSPS) is 10.1. The molecule has 2 rings (SSSR count). The molecule has 0 aliphatic carbocycles. The largest absolute Gasteiger partial charge is 0.496 e. The van der Waals surface area contributed by atoms with Crippen LogP contribution in [0.3, 0.4) is 0 Å². The van der Waals surface area contributed by atoms with Crippen LogP contribution in [-0.4, -0.2) is 13.0 Å². The predicted molar refractivity (Wildman–Crippen MR) is 80.1 cm³/mol. The van der Waals surface area contributed by atoms with Crippen LogP contribution in [-0.2, 0) is 0 Å². The third-order valence-corrected chi connectivity index (χ3v) is 3.34. The Morgan fingerprint density at radius 3 is 2.68 bits per heavy atom. The molecule has 0 aliphatic heterocycles. The van der Waals surface area contributed by atoms with Crippen molar-refractivity contribution < 1.29 is 9.53 Å². The molecule has 0 heterocycles. The van der Waals surface area contributed by atoms with Crippen LogP contribution in [0, 0.1) is 0 Å². The van der Waals surface area contributed by atoms with Gasteiger partial charge in [-0.2, -0.15) is 0 Å². The number of carbonyl (C=O) groups is 1. The number of carbonyl (C=O) groups excluding carboxylic acids is 1. The van der Waals surface area contributed by atoms with Gasteiger partial charge in [0.25, 0.3) is 5.91 Å². The first-order valence-corrected chi connectivity index (χ1v) is 6.68. The maximum atomic E-state index is 12.2. The molecule has 98 valence electrons. The van der Waals surface area contributed by atoms with Crippen LogP contribution in [0.5, 0.6) is 5.75 Å². The maximum absolute atomic E-state index is 12.2. The lowest BCUT2D eigenvalue weighted by molar-refractivity contribution is 0.102. The number of para-hydroxylation sites is 1. The molecule has 0 saturated heterocycles. The second-order valence-electron chi connectivity index (χ2n) is 3.78. The molecule has 0 aliphatic rings. The highest BCUT2D eigenvalue weighted by atomic mass is 79.9. The Labute approximate surface area is 124 Å². The first-order valence-electron chi connectivity index (χ1n) is 5.51. The van der Waals surface area contributed by atoms with E-state index >= 15 is 0 Å². The SMILES string of the molecule is COc1ccccc1C(=O)Nc1ccc(Br)cc1Cl. The summed E-state index contributed by atoms with van der Waals surface area (Å²) in [6, 6.07) is 12.3. The molecule has 0 atom stereocenters. The second-order valence-corrected chi connectivity index (χ2v) is 5.10. The summed E-state index contributed by atoms with van der Waals surface area (Å²) in [5.74, 6) is 0.259. The smallest absolute Gasteiger partial charge is 0.259 e. The lowest BCUT2D eigenvalue weighted by atomic mass is 10.2. The van der Waals surface area contributed by atoms with Crippen LogP contribution in [0.4, 0.5) is 5.69 Å². The summed E-state index contributed by atoms with van der Waals surface area (Å²) in [6.45, 7) is 0. The van der Waals surface area contributed by atoms with Gasteiger partial charge in [-0.15, -0.1) is 0 Å². The van der Waals surface area contributed by atoms with E-state index in [1.807, 2.05) is 12.1 Å². The van der Waals surface area contributed by atoms with Gasteiger partial charge in [-0.3, -0.25) is 4.79 Å². The third kappa shape index (κ3) is 3.28. The van der Waals surface area contributed by atoms with E-state index in [9.17, 15) is 4.79 Å². The molecule has 0 aromatic heterocycles. The molecule has 2 aromatic carbocycles. The first kappa shape index (κ1) is 13.9. The topological polar surface area (TPSA) is 38.3 Å². The number of amides is 1. The molecule has 0 saturated carbocycles. The molecular weight excluding hydrogens is 330 g/mol. The van der Waals surface area contributed by atoms with E-state index in [4.69, 9.17) is 16.3 Å². The lowest BCUT2D eigenvalue weighted by Gasteiger charge is -2.10. The van der Waals surface area contributed by atoms with Gasteiger partial charge in [-0.25, -0.2) is 0 Å². The fourth-order valence-electron chi connectivity index (χ4n) is 1.61. The van der Waals surface area contributed by atoms with Gasteiger partial charge in [-0.1, -0.05) is 39.7 Å². The van der Waals surface area contributed by atoms with Gasteiger partial charge in [0.2, 0.25) is 0 Å². The maximum Gasteiger partial charge on any atom is 0.259 e. The van der Waals surface area contributed by atoms with E-state index in [-0.39, 0.29) is 5.91 Å². The lowest BCUT2D eigenvalue weighted by Crippen LogP contribution is -2.13. The van der Waals surface area contributed by atoms with Gasteiger partial charge in [-0.05, 0) is 30.3 Å². The standard InChI is InChI=1S/C14H11BrClNO2/c1-19-13-5-3-2-4-10(13)14(18)17-12-7-6-9(15)8-11(12)16/h2-8H,1H3,(H,17,18). The highest BCUT2D eigenvalue weighted by Crippen LogP contribution is 2.27. The van der Waals surface area contributed by atoms with Crippen molar-refractivity contribution in [3.05, 3.63) is 57.5 Å². The van der Waals surface area contributed by atoms with Gasteiger partial charge in [0, 0.05) is 4.47 Å². The fraction of sp³-hybridized carbons (Fsp3) is 0.0714. The average molecular weight is 341 g/mol. The van der Waals surface area contributed by atoms with Gasteiger partial charge >= 0.3 is 0 Å². The number of ether oxygens (including phenoxy) is 1. The average Bonchev–Trinajstić information content (AvgIpc) is 2.41. The number of hydrogen-bond donors (Lipinski definition) is 1. The number of anilines is 1. The van der Waals surface area contributed by atoms with Gasteiger partial charge in [0.05, 0.1) is 23.4 Å². The predicted octanol–water partition coefficient (Wildman–Crippen LogP) is 4.36. The number of methoxy groups -OCH3 is 1. The van der Waals surface area contributed by atoms with Crippen molar-refractivity contribution in [3.63, 3.8) is 0 Å². The van der Waals surface area contributed by atoms with Gasteiger partial charge in [0.15, 0.2) is 0 Å². The Bertz CT molecular complexity index is 616. The minimum atomic E-state index is -0.262. The molecular formula is C14H11BrClNO2. The summed E-state index contributed by atoms with van der Waals surface area (Å²) in [5.41, 5.74) is 1.02. The van der Waals surface area contributed by atoms with Crippen molar-refractivity contribution in [2.75, 3.05) is 12.4 Å². The highest BCUT2D eigenvalue weighted by molar-refractivity contribution is 9.10. The molecule has 0 radical (unpaired) electrons. The minimum Gasteiger partial charge on any atom is -0.496 e. The Balaban J connectivity index is 2.26. The molecule has 3 nitrogen and oxygen atoms in total. The van der Waals surface area contributed by atoms with Crippen molar-refractivity contribution in [2.45, 2.75) is 0 Å². The zero-order valence-corrected chi connectivity index (χ0v) is 12.5. The van der Waals surface area contributed by atoms with E-state index in [1.165, 1.54) is 7.11 Å². The van der Waals surface area contributed by atoms with E-state index in [1.54, 1.807) is 30.3 Å². The molecule has 1 amide bonds. The van der Waals surface area contributed by atoms with E-state index in [0.29, 0.717) is 22.0 Å². The monoisotopic (exact) mass is 339 g/mol. The highest BCUT2D eigenvalue weighted by Gasteiger charge is 2.13. The summed E-state index contributed by atoms with van der Waals surface area (Å²) >= 11 is 9.37. The summed E-state index contributed by atoms with van der Waals surface area (Å²) < 4.78 is 6.01. The Morgan fingerprint density at radius 2 is 2.00 bits per heavy atom. The van der Waals surface area contributed by atoms with Crippen molar-refractivity contribution in [2.24, 2.45) is 0 Å². The Hall–Kier alpha value is -1.52. The molecule has 19 heavy (non-hydrogen) atoms. The number of halogens is 2. The quantitative estimate of drug-likeness (QED) is 0.901. The van der Waals surface area contributed by atoms with E-state index in [2.05, 4.69) is 21.2 Å². The van der Waals surface area contributed by atoms with Crippen LogP contribution in [0.1, 0.15) is 10.4 Å². The summed E-state index contributed by atoms with van der Waals surface area (Å²) in [7, 11) is 1.53. The number of nitrogens with one attached hydrogen (secondary N) is 1. The number of hydrogen-bond acceptors (Lipinski definition) is 2. The second kappa shape index (κ2) is 6.08. The molecule has 0 fully saturated rings. The van der Waals surface area contributed by atoms with Crippen molar-refractivity contribution >= 4 is 39.1 Å². The molecule has 0 bridgehead atoms. The molecule has 2 aromatic rings. The summed E-state index contributed by atoms with van der Waals surface area (Å²) in [4.78, 5) is 12.2. The number of rotatable bonds is 3.